The van der Waals surface area contributed by atoms with E-state index in [1.165, 1.54) is 16.7 Å². The average molecular weight is 303 g/mol. The van der Waals surface area contributed by atoms with E-state index in [2.05, 4.69) is 94.4 Å². The fourth-order valence-electron chi connectivity index (χ4n) is 2.47. The fraction of sp³-hybridized carbons (Fsp3) is 0.727. The van der Waals surface area contributed by atoms with Gasteiger partial charge in [0.2, 0.25) is 0 Å². The molecule has 0 saturated heterocycles. The zero-order chi connectivity index (χ0) is 17.5. The highest BCUT2D eigenvalue weighted by atomic mass is 14.4. The van der Waals surface area contributed by atoms with Gasteiger partial charge in [-0.05, 0) is 44.8 Å². The van der Waals surface area contributed by atoms with Gasteiger partial charge in [0.15, 0.2) is 0 Å². The van der Waals surface area contributed by atoms with E-state index in [1.54, 1.807) is 0 Å². The third kappa shape index (κ3) is 3.76. The molecule has 0 N–H and O–H groups in total. The first-order valence-electron chi connectivity index (χ1n) is 8.87. The summed E-state index contributed by atoms with van der Waals surface area (Å²) in [6.07, 6.45) is 0. The molecule has 0 aliphatic heterocycles. The summed E-state index contributed by atoms with van der Waals surface area (Å²) < 4.78 is 0. The van der Waals surface area contributed by atoms with E-state index >= 15 is 0 Å². The summed E-state index contributed by atoms with van der Waals surface area (Å²) in [6, 6.07) is 7.36. The van der Waals surface area contributed by atoms with Gasteiger partial charge in [0.25, 0.3) is 0 Å². The van der Waals surface area contributed by atoms with Crippen LogP contribution in [0.1, 0.15) is 92.9 Å². The molecule has 0 nitrogen and oxygen atoms in total. The summed E-state index contributed by atoms with van der Waals surface area (Å²) >= 11 is 0. The molecule has 0 radical (unpaired) electrons. The summed E-state index contributed by atoms with van der Waals surface area (Å²) in [4.78, 5) is 0. The maximum Gasteiger partial charge on any atom is -0.00804 e. The summed E-state index contributed by atoms with van der Waals surface area (Å²) in [7, 11) is 0. The Labute approximate surface area is 139 Å². The Balaban J connectivity index is 3.62. The van der Waals surface area contributed by atoms with Gasteiger partial charge in [-0.2, -0.15) is 0 Å². The van der Waals surface area contributed by atoms with Crippen LogP contribution in [-0.2, 0) is 16.2 Å². The van der Waals surface area contributed by atoms with E-state index < -0.39 is 0 Å². The predicted octanol–water partition coefficient (Wildman–Crippen LogP) is 6.85. The zero-order valence-corrected chi connectivity index (χ0v) is 16.9. The van der Waals surface area contributed by atoms with Gasteiger partial charge in [0.1, 0.15) is 0 Å². The molecule has 0 aromatic heterocycles. The Bertz CT molecular complexity index is 469. The molecule has 0 spiro atoms. The highest BCUT2D eigenvalue weighted by molar-refractivity contribution is 5.41. The molecule has 0 aliphatic rings. The quantitative estimate of drug-likeness (QED) is 0.570. The standard InChI is InChI=1S/C22H38/c1-15(2)21(8,9)18-12-17(20(5,6)7)13-19(14-18)22(10,11)16(3)4/h12-16H,1-11H3. The second-order valence-corrected chi connectivity index (χ2v) is 9.80. The molecule has 0 heteroatoms. The Hall–Kier alpha value is -0.780. The molecular formula is C22H38. The van der Waals surface area contributed by atoms with E-state index in [0.29, 0.717) is 11.8 Å². The van der Waals surface area contributed by atoms with Crippen LogP contribution >= 0.6 is 0 Å². The van der Waals surface area contributed by atoms with Gasteiger partial charge in [-0.3, -0.25) is 0 Å². The molecule has 0 saturated carbocycles. The number of hydrogen-bond acceptors (Lipinski definition) is 0. The lowest BCUT2D eigenvalue weighted by molar-refractivity contribution is 0.358. The van der Waals surface area contributed by atoms with Crippen molar-refractivity contribution in [2.45, 2.75) is 92.4 Å². The summed E-state index contributed by atoms with van der Waals surface area (Å²) in [5, 5.41) is 0. The third-order valence-electron chi connectivity index (χ3n) is 6.17. The monoisotopic (exact) mass is 302 g/mol. The molecular weight excluding hydrogens is 264 g/mol. The van der Waals surface area contributed by atoms with Gasteiger partial charge in [-0.25, -0.2) is 0 Å². The second kappa shape index (κ2) is 6.02. The number of benzene rings is 1. The molecule has 0 unspecified atom stereocenters. The van der Waals surface area contributed by atoms with Crippen molar-refractivity contribution >= 4 is 0 Å². The fourth-order valence-corrected chi connectivity index (χ4v) is 2.47. The lowest BCUT2D eigenvalue weighted by Crippen LogP contribution is -2.29. The molecule has 0 amide bonds. The van der Waals surface area contributed by atoms with E-state index in [1.807, 2.05) is 0 Å². The van der Waals surface area contributed by atoms with Crippen LogP contribution in [0.4, 0.5) is 0 Å². The Morgan fingerprint density at radius 1 is 0.545 bits per heavy atom. The smallest absolute Gasteiger partial charge is 0.00804 e. The SMILES string of the molecule is CC(C)C(C)(C)c1cc(C(C)(C)C)cc(C(C)(C)C(C)C)c1. The van der Waals surface area contributed by atoms with E-state index in [9.17, 15) is 0 Å². The highest BCUT2D eigenvalue weighted by Gasteiger charge is 2.31. The highest BCUT2D eigenvalue weighted by Crippen LogP contribution is 2.39. The van der Waals surface area contributed by atoms with Crippen molar-refractivity contribution in [3.63, 3.8) is 0 Å². The molecule has 0 aliphatic carbocycles. The van der Waals surface area contributed by atoms with Gasteiger partial charge < -0.3 is 0 Å². The Morgan fingerprint density at radius 2 is 0.818 bits per heavy atom. The van der Waals surface area contributed by atoms with Gasteiger partial charge in [0, 0.05) is 0 Å². The molecule has 1 aromatic carbocycles. The molecule has 126 valence electrons. The van der Waals surface area contributed by atoms with E-state index in [0.717, 1.165) is 0 Å². The van der Waals surface area contributed by atoms with Crippen molar-refractivity contribution in [2.24, 2.45) is 11.8 Å². The van der Waals surface area contributed by atoms with Crippen LogP contribution in [0.25, 0.3) is 0 Å². The topological polar surface area (TPSA) is 0 Å². The van der Waals surface area contributed by atoms with Gasteiger partial charge >= 0.3 is 0 Å². The van der Waals surface area contributed by atoms with Crippen molar-refractivity contribution < 1.29 is 0 Å². The summed E-state index contributed by atoms with van der Waals surface area (Å²) in [5.41, 5.74) is 5.01. The summed E-state index contributed by atoms with van der Waals surface area (Å²) in [5.74, 6) is 1.25. The summed E-state index contributed by atoms with van der Waals surface area (Å²) in [6.45, 7) is 25.8. The molecule has 1 rings (SSSR count). The van der Waals surface area contributed by atoms with Crippen molar-refractivity contribution in [3.8, 4) is 0 Å². The zero-order valence-electron chi connectivity index (χ0n) is 16.9. The van der Waals surface area contributed by atoms with E-state index in [-0.39, 0.29) is 16.2 Å². The van der Waals surface area contributed by atoms with Gasteiger partial charge in [-0.15, -0.1) is 0 Å². The first-order valence-corrected chi connectivity index (χ1v) is 8.87. The molecule has 22 heavy (non-hydrogen) atoms. The normalized spacial score (nSPS) is 14.0. The van der Waals surface area contributed by atoms with Crippen LogP contribution in [0, 0.1) is 11.8 Å². The minimum atomic E-state index is 0.185. The maximum absolute atomic E-state index is 2.47. The lowest BCUT2D eigenvalue weighted by Gasteiger charge is -2.36. The minimum absolute atomic E-state index is 0.185. The first-order chi connectivity index (χ1) is 9.70. The first kappa shape index (κ1) is 19.3. The maximum atomic E-state index is 2.47. The van der Waals surface area contributed by atoms with Crippen molar-refractivity contribution in [1.82, 2.24) is 0 Å². The largest absolute Gasteiger partial charge is 0.0619 e. The van der Waals surface area contributed by atoms with Crippen LogP contribution in [-0.4, -0.2) is 0 Å². The van der Waals surface area contributed by atoms with Gasteiger partial charge in [-0.1, -0.05) is 94.4 Å². The van der Waals surface area contributed by atoms with Crippen LogP contribution in [0.3, 0.4) is 0 Å². The van der Waals surface area contributed by atoms with Crippen LogP contribution in [0.15, 0.2) is 18.2 Å². The van der Waals surface area contributed by atoms with Crippen molar-refractivity contribution in [1.29, 1.82) is 0 Å². The molecule has 0 bridgehead atoms. The molecule has 0 atom stereocenters. The van der Waals surface area contributed by atoms with Crippen LogP contribution in [0.2, 0.25) is 0 Å². The molecule has 0 fully saturated rings. The second-order valence-electron chi connectivity index (χ2n) is 9.80. The Kier molecular flexibility index (Phi) is 5.27. The minimum Gasteiger partial charge on any atom is -0.0619 e. The number of rotatable bonds is 4. The lowest BCUT2D eigenvalue weighted by atomic mass is 9.68. The van der Waals surface area contributed by atoms with E-state index in [4.69, 9.17) is 0 Å². The van der Waals surface area contributed by atoms with Crippen LogP contribution in [0.5, 0.6) is 0 Å². The number of hydrogen-bond donors (Lipinski definition) is 0. The molecule has 1 aromatic rings. The third-order valence-corrected chi connectivity index (χ3v) is 6.17. The molecule has 0 heterocycles. The van der Waals surface area contributed by atoms with Gasteiger partial charge in [0.05, 0.1) is 0 Å². The van der Waals surface area contributed by atoms with Crippen LogP contribution < -0.4 is 0 Å². The average Bonchev–Trinajstić information content (AvgIpc) is 2.36. The van der Waals surface area contributed by atoms with Crippen molar-refractivity contribution in [3.05, 3.63) is 34.9 Å². The predicted molar refractivity (Wildman–Crippen MR) is 101 cm³/mol. The van der Waals surface area contributed by atoms with Crippen molar-refractivity contribution in [2.75, 3.05) is 0 Å². The Morgan fingerprint density at radius 3 is 1.05 bits per heavy atom.